The summed E-state index contributed by atoms with van der Waals surface area (Å²) >= 11 is 0. The first-order valence-corrected chi connectivity index (χ1v) is 9.00. The molecule has 0 unspecified atom stereocenters. The second-order valence-corrected chi connectivity index (χ2v) is 6.59. The standard InChI is InChI=1S/C18H28FN5.HI/c19-16-4-6-17(7-5-16)23-14-12-22(13-15-23)11-8-21-18(20)24-9-2-1-3-10-24;/h4-7H,1-3,8-15H2,(H2,20,21);1H. The maximum atomic E-state index is 13.0. The number of anilines is 1. The number of halogens is 2. The first-order chi connectivity index (χ1) is 11.7. The number of aliphatic imine (C=N–C) groups is 1. The minimum atomic E-state index is -0.179. The lowest BCUT2D eigenvalue weighted by atomic mass is 10.1. The van der Waals surface area contributed by atoms with Gasteiger partial charge >= 0.3 is 0 Å². The van der Waals surface area contributed by atoms with Gasteiger partial charge in [-0.2, -0.15) is 0 Å². The van der Waals surface area contributed by atoms with Crippen molar-refractivity contribution in [3.63, 3.8) is 0 Å². The average Bonchev–Trinajstić information content (AvgIpc) is 2.64. The number of rotatable bonds is 4. The van der Waals surface area contributed by atoms with Gasteiger partial charge in [-0.05, 0) is 43.5 Å². The highest BCUT2D eigenvalue weighted by molar-refractivity contribution is 14.0. The highest BCUT2D eigenvalue weighted by atomic mass is 127. The van der Waals surface area contributed by atoms with Crippen LogP contribution in [-0.2, 0) is 0 Å². The van der Waals surface area contributed by atoms with Crippen LogP contribution in [0.4, 0.5) is 10.1 Å². The molecule has 0 atom stereocenters. The number of benzene rings is 1. The molecular formula is C18H29FIN5. The molecule has 5 nitrogen and oxygen atoms in total. The summed E-state index contributed by atoms with van der Waals surface area (Å²) in [7, 11) is 0. The van der Waals surface area contributed by atoms with E-state index in [-0.39, 0.29) is 29.8 Å². The Hall–Kier alpha value is -1.09. The highest BCUT2D eigenvalue weighted by Crippen LogP contribution is 2.16. The van der Waals surface area contributed by atoms with E-state index in [0.29, 0.717) is 5.96 Å². The number of nitrogens with zero attached hydrogens (tertiary/aromatic N) is 4. The second-order valence-electron chi connectivity index (χ2n) is 6.59. The molecule has 0 bridgehead atoms. The minimum absolute atomic E-state index is 0. The van der Waals surface area contributed by atoms with Gasteiger partial charge in [0.2, 0.25) is 0 Å². The number of nitrogens with two attached hydrogens (primary N) is 1. The number of hydrogen-bond donors (Lipinski definition) is 1. The molecule has 140 valence electrons. The molecule has 0 aromatic heterocycles. The zero-order valence-electron chi connectivity index (χ0n) is 14.7. The zero-order valence-corrected chi connectivity index (χ0v) is 17.1. The molecule has 0 aliphatic carbocycles. The molecule has 2 N–H and O–H groups in total. The van der Waals surface area contributed by atoms with Gasteiger partial charge in [-0.1, -0.05) is 0 Å². The van der Waals surface area contributed by atoms with Crippen LogP contribution in [0.1, 0.15) is 19.3 Å². The second kappa shape index (κ2) is 10.2. The van der Waals surface area contributed by atoms with Crippen LogP contribution < -0.4 is 10.6 Å². The fraction of sp³-hybridized carbons (Fsp3) is 0.611. The van der Waals surface area contributed by atoms with Crippen LogP contribution in [0.15, 0.2) is 29.3 Å². The molecule has 25 heavy (non-hydrogen) atoms. The number of piperazine rings is 1. The Morgan fingerprint density at radius 2 is 1.60 bits per heavy atom. The average molecular weight is 461 g/mol. The lowest BCUT2D eigenvalue weighted by Crippen LogP contribution is -2.47. The Kier molecular flexibility index (Phi) is 8.21. The molecule has 0 saturated carbocycles. The number of piperidine rings is 1. The van der Waals surface area contributed by atoms with Crippen LogP contribution in [0.2, 0.25) is 0 Å². The minimum Gasteiger partial charge on any atom is -0.370 e. The van der Waals surface area contributed by atoms with Gasteiger partial charge in [0.05, 0.1) is 6.54 Å². The van der Waals surface area contributed by atoms with Crippen LogP contribution >= 0.6 is 24.0 Å². The summed E-state index contributed by atoms with van der Waals surface area (Å²) < 4.78 is 13.0. The van der Waals surface area contributed by atoms with E-state index >= 15 is 0 Å². The molecule has 2 aliphatic heterocycles. The van der Waals surface area contributed by atoms with Gasteiger partial charge in [0.1, 0.15) is 5.82 Å². The molecule has 0 spiro atoms. The monoisotopic (exact) mass is 461 g/mol. The topological polar surface area (TPSA) is 48.1 Å². The predicted octanol–water partition coefficient (Wildman–Crippen LogP) is 2.37. The van der Waals surface area contributed by atoms with Crippen molar-refractivity contribution in [3.8, 4) is 0 Å². The van der Waals surface area contributed by atoms with E-state index in [2.05, 4.69) is 19.7 Å². The van der Waals surface area contributed by atoms with E-state index in [9.17, 15) is 4.39 Å². The van der Waals surface area contributed by atoms with Gasteiger partial charge in [-0.25, -0.2) is 4.39 Å². The maximum absolute atomic E-state index is 13.0. The molecule has 0 amide bonds. The van der Waals surface area contributed by atoms with Crippen LogP contribution in [0.5, 0.6) is 0 Å². The van der Waals surface area contributed by atoms with Crippen LogP contribution in [0.3, 0.4) is 0 Å². The molecule has 7 heteroatoms. The van der Waals surface area contributed by atoms with Gasteiger partial charge in [0.25, 0.3) is 0 Å². The maximum Gasteiger partial charge on any atom is 0.191 e. The predicted molar refractivity (Wildman–Crippen MR) is 112 cm³/mol. The number of hydrogen-bond acceptors (Lipinski definition) is 3. The number of guanidine groups is 1. The third-order valence-corrected chi connectivity index (χ3v) is 4.93. The van der Waals surface area contributed by atoms with Crippen molar-refractivity contribution in [2.75, 3.05) is 57.3 Å². The Labute approximate surface area is 167 Å². The van der Waals surface area contributed by atoms with Gasteiger partial charge in [0, 0.05) is 51.5 Å². The van der Waals surface area contributed by atoms with E-state index in [1.54, 1.807) is 0 Å². The first kappa shape index (κ1) is 20.2. The summed E-state index contributed by atoms with van der Waals surface area (Å²) in [5.74, 6) is 0.529. The summed E-state index contributed by atoms with van der Waals surface area (Å²) in [4.78, 5) is 11.5. The van der Waals surface area contributed by atoms with E-state index in [0.717, 1.165) is 58.0 Å². The highest BCUT2D eigenvalue weighted by Gasteiger charge is 2.17. The SMILES string of the molecule is I.NC(=NCCN1CCN(c2ccc(F)cc2)CC1)N1CCCCC1. The van der Waals surface area contributed by atoms with E-state index in [4.69, 9.17) is 5.73 Å². The van der Waals surface area contributed by atoms with Crippen molar-refractivity contribution in [1.82, 2.24) is 9.80 Å². The van der Waals surface area contributed by atoms with E-state index < -0.39 is 0 Å². The fourth-order valence-corrected chi connectivity index (χ4v) is 3.41. The van der Waals surface area contributed by atoms with E-state index in [1.807, 2.05) is 12.1 Å². The summed E-state index contributed by atoms with van der Waals surface area (Å²) in [6.45, 7) is 7.77. The Bertz CT molecular complexity index is 537. The summed E-state index contributed by atoms with van der Waals surface area (Å²) in [6, 6.07) is 6.77. The largest absolute Gasteiger partial charge is 0.370 e. The van der Waals surface area contributed by atoms with Crippen molar-refractivity contribution >= 4 is 35.6 Å². The smallest absolute Gasteiger partial charge is 0.191 e. The van der Waals surface area contributed by atoms with Gasteiger partial charge in [-0.15, -0.1) is 24.0 Å². The fourth-order valence-electron chi connectivity index (χ4n) is 3.41. The summed E-state index contributed by atoms with van der Waals surface area (Å²) in [5.41, 5.74) is 7.19. The molecule has 2 aliphatic rings. The summed E-state index contributed by atoms with van der Waals surface area (Å²) in [6.07, 6.45) is 3.76. The molecule has 1 aromatic carbocycles. The molecule has 1 aromatic rings. The normalized spacial score (nSPS) is 19.6. The van der Waals surface area contributed by atoms with Crippen molar-refractivity contribution in [2.24, 2.45) is 10.7 Å². The van der Waals surface area contributed by atoms with E-state index in [1.165, 1.54) is 31.4 Å². The molecule has 2 fully saturated rings. The van der Waals surface area contributed by atoms with Crippen molar-refractivity contribution in [3.05, 3.63) is 30.1 Å². The summed E-state index contributed by atoms with van der Waals surface area (Å²) in [5, 5.41) is 0. The third kappa shape index (κ3) is 5.99. The molecule has 2 saturated heterocycles. The van der Waals surface area contributed by atoms with Crippen molar-refractivity contribution in [1.29, 1.82) is 0 Å². The Morgan fingerprint density at radius 3 is 2.24 bits per heavy atom. The number of likely N-dealkylation sites (tertiary alicyclic amines) is 1. The van der Waals surface area contributed by atoms with Gasteiger partial charge < -0.3 is 15.5 Å². The lowest BCUT2D eigenvalue weighted by Gasteiger charge is -2.36. The van der Waals surface area contributed by atoms with Crippen LogP contribution in [0.25, 0.3) is 0 Å². The molecule has 2 heterocycles. The quantitative estimate of drug-likeness (QED) is 0.425. The van der Waals surface area contributed by atoms with Gasteiger partial charge in [0.15, 0.2) is 5.96 Å². The first-order valence-electron chi connectivity index (χ1n) is 9.00. The molecule has 3 rings (SSSR count). The lowest BCUT2D eigenvalue weighted by molar-refractivity contribution is 0.264. The van der Waals surface area contributed by atoms with Crippen molar-refractivity contribution < 1.29 is 4.39 Å². The Balaban J connectivity index is 0.00000225. The molecular weight excluding hydrogens is 432 g/mol. The third-order valence-electron chi connectivity index (χ3n) is 4.93. The van der Waals surface area contributed by atoms with Crippen LogP contribution in [0, 0.1) is 5.82 Å². The van der Waals surface area contributed by atoms with Gasteiger partial charge in [-0.3, -0.25) is 9.89 Å². The van der Waals surface area contributed by atoms with Crippen molar-refractivity contribution in [2.45, 2.75) is 19.3 Å². The molecule has 0 radical (unpaired) electrons. The zero-order chi connectivity index (χ0) is 16.8. The Morgan fingerprint density at radius 1 is 0.960 bits per heavy atom. The van der Waals surface area contributed by atoms with Crippen LogP contribution in [-0.4, -0.2) is 68.1 Å².